The fraction of sp³-hybridized carbons (Fsp3) is 0.167. The Morgan fingerprint density at radius 2 is 2.04 bits per heavy atom. The lowest BCUT2D eigenvalue weighted by molar-refractivity contribution is -0.119. The van der Waals surface area contributed by atoms with E-state index in [1.807, 2.05) is 6.07 Å². The van der Waals surface area contributed by atoms with Gasteiger partial charge in [-0.25, -0.2) is 4.79 Å². The van der Waals surface area contributed by atoms with Crippen LogP contribution < -0.4 is 10.6 Å². The van der Waals surface area contributed by atoms with Crippen LogP contribution in [0.1, 0.15) is 21.8 Å². The van der Waals surface area contributed by atoms with E-state index in [1.54, 1.807) is 49.6 Å². The molecule has 0 aliphatic heterocycles. The predicted molar refractivity (Wildman–Crippen MR) is 92.6 cm³/mol. The molecule has 0 aliphatic carbocycles. The Hall–Kier alpha value is -3.55. The van der Waals surface area contributed by atoms with E-state index < -0.39 is 18.5 Å². The number of nitrogens with zero attached hydrogens (tertiary/aromatic N) is 1. The number of ether oxygens (including phenoxy) is 1. The summed E-state index contributed by atoms with van der Waals surface area (Å²) in [5, 5.41) is 9.22. The van der Waals surface area contributed by atoms with E-state index in [4.69, 9.17) is 13.7 Å². The minimum atomic E-state index is -0.614. The van der Waals surface area contributed by atoms with Crippen molar-refractivity contribution < 1.29 is 23.3 Å². The zero-order valence-corrected chi connectivity index (χ0v) is 14.0. The topological polar surface area (TPSA) is 107 Å². The monoisotopic (exact) mass is 355 g/mol. The maximum absolute atomic E-state index is 12.3. The third-order valence-electron chi connectivity index (χ3n) is 3.41. The van der Waals surface area contributed by atoms with Gasteiger partial charge in [0.25, 0.3) is 5.91 Å². The van der Waals surface area contributed by atoms with Crippen molar-refractivity contribution in [2.75, 3.05) is 17.2 Å². The molecule has 0 aliphatic rings. The van der Waals surface area contributed by atoms with Crippen molar-refractivity contribution >= 4 is 23.4 Å². The van der Waals surface area contributed by atoms with Gasteiger partial charge in [0.1, 0.15) is 5.76 Å². The number of hydrogen-bond acceptors (Lipinski definition) is 7. The molecule has 0 bridgehead atoms. The van der Waals surface area contributed by atoms with Gasteiger partial charge in [0.15, 0.2) is 6.61 Å². The highest BCUT2D eigenvalue weighted by molar-refractivity contribution is 5.98. The number of nitrogens with one attached hydrogen (secondary N) is 2. The number of esters is 1. The minimum Gasteiger partial charge on any atom is -0.467 e. The van der Waals surface area contributed by atoms with E-state index in [0.717, 1.165) is 5.76 Å². The summed E-state index contributed by atoms with van der Waals surface area (Å²) in [6, 6.07) is 12.0. The van der Waals surface area contributed by atoms with Crippen LogP contribution in [0.15, 0.2) is 57.7 Å². The lowest BCUT2D eigenvalue weighted by Crippen LogP contribution is -2.21. The number of benzene rings is 1. The highest BCUT2D eigenvalue weighted by Crippen LogP contribution is 2.17. The molecule has 8 heteroatoms. The Morgan fingerprint density at radius 1 is 1.19 bits per heavy atom. The van der Waals surface area contributed by atoms with E-state index in [0.29, 0.717) is 23.5 Å². The summed E-state index contributed by atoms with van der Waals surface area (Å²) < 4.78 is 15.2. The number of furan rings is 1. The molecule has 0 saturated carbocycles. The second-order valence-corrected chi connectivity index (χ2v) is 5.44. The molecular formula is C18H17N3O5. The number of amides is 1. The second-order valence-electron chi connectivity index (χ2n) is 5.44. The molecule has 3 aromatic rings. The highest BCUT2D eigenvalue weighted by atomic mass is 16.5. The number of hydrogen-bond donors (Lipinski definition) is 2. The number of aryl methyl sites for hydroxylation is 1. The molecule has 26 heavy (non-hydrogen) atoms. The first kappa shape index (κ1) is 17.3. The highest BCUT2D eigenvalue weighted by Gasteiger charge is 2.15. The van der Waals surface area contributed by atoms with Crippen molar-refractivity contribution in [3.05, 3.63) is 65.7 Å². The van der Waals surface area contributed by atoms with Crippen LogP contribution >= 0.6 is 0 Å². The number of carbonyl (C=O) groups is 2. The van der Waals surface area contributed by atoms with Crippen LogP contribution in [0.3, 0.4) is 0 Å². The van der Waals surface area contributed by atoms with E-state index in [-0.39, 0.29) is 5.88 Å². The van der Waals surface area contributed by atoms with Crippen molar-refractivity contribution in [1.82, 2.24) is 5.16 Å². The molecule has 1 amide bonds. The largest absolute Gasteiger partial charge is 0.467 e. The van der Waals surface area contributed by atoms with Gasteiger partial charge in [-0.15, -0.1) is 0 Å². The van der Waals surface area contributed by atoms with E-state index in [9.17, 15) is 9.59 Å². The molecule has 0 saturated heterocycles. The number of anilines is 2. The first-order valence-electron chi connectivity index (χ1n) is 7.87. The Morgan fingerprint density at radius 3 is 2.77 bits per heavy atom. The van der Waals surface area contributed by atoms with Crippen molar-refractivity contribution in [2.45, 2.75) is 13.5 Å². The van der Waals surface area contributed by atoms with Crippen molar-refractivity contribution in [3.8, 4) is 0 Å². The summed E-state index contributed by atoms with van der Waals surface area (Å²) >= 11 is 0. The maximum atomic E-state index is 12.3. The SMILES string of the molecule is Cc1cc(NC(=O)COC(=O)c2ccccc2NCc2ccco2)on1. The number of para-hydroxylation sites is 1. The van der Waals surface area contributed by atoms with E-state index in [2.05, 4.69) is 15.8 Å². The maximum Gasteiger partial charge on any atom is 0.340 e. The Bertz CT molecular complexity index is 886. The molecule has 1 aromatic carbocycles. The van der Waals surface area contributed by atoms with Crippen LogP contribution in [0, 0.1) is 6.92 Å². The molecule has 0 spiro atoms. The van der Waals surface area contributed by atoms with Gasteiger partial charge in [-0.05, 0) is 31.2 Å². The summed E-state index contributed by atoms with van der Waals surface area (Å²) in [4.78, 5) is 24.1. The average Bonchev–Trinajstić information content (AvgIpc) is 3.30. The van der Waals surface area contributed by atoms with Gasteiger partial charge in [-0.3, -0.25) is 10.1 Å². The lowest BCUT2D eigenvalue weighted by Gasteiger charge is -2.10. The average molecular weight is 355 g/mol. The zero-order valence-electron chi connectivity index (χ0n) is 14.0. The molecule has 2 aromatic heterocycles. The molecule has 0 atom stereocenters. The Kier molecular flexibility index (Phi) is 5.33. The fourth-order valence-corrected chi connectivity index (χ4v) is 2.22. The van der Waals surface area contributed by atoms with Crippen LogP contribution in [0.5, 0.6) is 0 Å². The summed E-state index contributed by atoms with van der Waals surface area (Å²) in [7, 11) is 0. The first-order valence-corrected chi connectivity index (χ1v) is 7.87. The Labute approximate surface area is 149 Å². The Balaban J connectivity index is 1.56. The van der Waals surface area contributed by atoms with E-state index in [1.165, 1.54) is 0 Å². The summed E-state index contributed by atoms with van der Waals surface area (Å²) in [5.41, 5.74) is 1.54. The standard InChI is InChI=1S/C18H17N3O5/c1-12-9-17(26-21-12)20-16(22)11-25-18(23)14-6-2-3-7-15(14)19-10-13-5-4-8-24-13/h2-9,19H,10-11H2,1H3,(H,20,22). The quantitative estimate of drug-likeness (QED) is 0.627. The van der Waals surface area contributed by atoms with Gasteiger partial charge >= 0.3 is 5.97 Å². The van der Waals surface area contributed by atoms with Gasteiger partial charge in [0.05, 0.1) is 24.1 Å². The molecule has 2 heterocycles. The van der Waals surface area contributed by atoms with Gasteiger partial charge in [-0.1, -0.05) is 17.3 Å². The van der Waals surface area contributed by atoms with Crippen LogP contribution in [-0.4, -0.2) is 23.6 Å². The number of rotatable bonds is 7. The third-order valence-corrected chi connectivity index (χ3v) is 3.41. The van der Waals surface area contributed by atoms with Crippen molar-refractivity contribution in [2.24, 2.45) is 0 Å². The van der Waals surface area contributed by atoms with Gasteiger partial charge < -0.3 is 19.0 Å². The molecule has 0 fully saturated rings. The normalized spacial score (nSPS) is 10.3. The minimum absolute atomic E-state index is 0.198. The van der Waals surface area contributed by atoms with Crippen LogP contribution in [0.25, 0.3) is 0 Å². The van der Waals surface area contributed by atoms with Crippen molar-refractivity contribution in [1.29, 1.82) is 0 Å². The van der Waals surface area contributed by atoms with Gasteiger partial charge in [0, 0.05) is 11.8 Å². The molecule has 0 radical (unpaired) electrons. The van der Waals surface area contributed by atoms with Crippen LogP contribution in [0.2, 0.25) is 0 Å². The molecule has 2 N–H and O–H groups in total. The number of carbonyl (C=O) groups excluding carboxylic acids is 2. The number of aromatic nitrogens is 1. The fourth-order valence-electron chi connectivity index (χ4n) is 2.22. The van der Waals surface area contributed by atoms with Gasteiger partial charge in [-0.2, -0.15) is 0 Å². The summed E-state index contributed by atoms with van der Waals surface area (Å²) in [6.45, 7) is 1.71. The summed E-state index contributed by atoms with van der Waals surface area (Å²) in [5.74, 6) is -0.203. The molecule has 0 unspecified atom stereocenters. The molecule has 3 rings (SSSR count). The van der Waals surface area contributed by atoms with Gasteiger partial charge in [0.2, 0.25) is 5.88 Å². The lowest BCUT2D eigenvalue weighted by atomic mass is 10.2. The molecular weight excluding hydrogens is 338 g/mol. The first-order chi connectivity index (χ1) is 12.6. The second kappa shape index (κ2) is 8.02. The third kappa shape index (κ3) is 4.50. The molecule has 8 nitrogen and oxygen atoms in total. The smallest absolute Gasteiger partial charge is 0.340 e. The zero-order chi connectivity index (χ0) is 18.4. The predicted octanol–water partition coefficient (Wildman–Crippen LogP) is 2.98. The van der Waals surface area contributed by atoms with Crippen LogP contribution in [0.4, 0.5) is 11.6 Å². The summed E-state index contributed by atoms with van der Waals surface area (Å²) in [6.07, 6.45) is 1.58. The van der Waals surface area contributed by atoms with Crippen LogP contribution in [-0.2, 0) is 16.1 Å². The molecule has 134 valence electrons. The van der Waals surface area contributed by atoms with E-state index >= 15 is 0 Å². The van der Waals surface area contributed by atoms with Crippen molar-refractivity contribution in [3.63, 3.8) is 0 Å².